The van der Waals surface area contributed by atoms with Gasteiger partial charge in [-0.25, -0.2) is 0 Å². The molecule has 57 heavy (non-hydrogen) atoms. The highest BCUT2D eigenvalue weighted by Gasteiger charge is 2.41. The number of rotatable bonds is 12. The number of benzene rings is 6. The van der Waals surface area contributed by atoms with Gasteiger partial charge in [0.1, 0.15) is 0 Å². The van der Waals surface area contributed by atoms with Crippen molar-refractivity contribution >= 4 is 23.1 Å². The van der Waals surface area contributed by atoms with Crippen molar-refractivity contribution in [1.82, 2.24) is 0 Å². The molecule has 0 aliphatic heterocycles. The highest BCUT2D eigenvalue weighted by molar-refractivity contribution is 6.11. The molecular weight excluding hydrogens is 701 g/mol. The SMILES string of the molecule is O=C(C1=CC=CCC1)c1ccc(C(C2=CC=C(C(=O)c3ccccc3)CC2)(c2ccc(C(=O)c3ccccc3)cc2)c2ccc(C(=O)c3ccccc3)cc2)cc1. The quantitative estimate of drug-likeness (QED) is 0.0925. The van der Waals surface area contributed by atoms with E-state index in [1.54, 1.807) is 0 Å². The third-order valence-corrected chi connectivity index (χ3v) is 11.1. The Morgan fingerprint density at radius 3 is 1.09 bits per heavy atom. The van der Waals surface area contributed by atoms with Gasteiger partial charge in [-0.15, -0.1) is 0 Å². The van der Waals surface area contributed by atoms with Crippen LogP contribution in [0.15, 0.2) is 211 Å². The van der Waals surface area contributed by atoms with E-state index in [0.717, 1.165) is 39.8 Å². The lowest BCUT2D eigenvalue weighted by atomic mass is 9.62. The maximum atomic E-state index is 13.6. The Labute approximate surface area is 333 Å². The monoisotopic (exact) mass is 740 g/mol. The van der Waals surface area contributed by atoms with Crippen LogP contribution in [0.5, 0.6) is 0 Å². The van der Waals surface area contributed by atoms with Crippen LogP contribution in [0.4, 0.5) is 0 Å². The summed E-state index contributed by atoms with van der Waals surface area (Å²) in [5, 5.41) is 0. The van der Waals surface area contributed by atoms with Gasteiger partial charge in [0.25, 0.3) is 0 Å². The van der Waals surface area contributed by atoms with Crippen molar-refractivity contribution in [2.45, 2.75) is 31.1 Å². The summed E-state index contributed by atoms with van der Waals surface area (Å²) in [5.74, 6) is -0.142. The van der Waals surface area contributed by atoms with Crippen LogP contribution in [0, 0.1) is 0 Å². The third kappa shape index (κ3) is 7.38. The first kappa shape index (κ1) is 36.9. The number of hydrogen-bond donors (Lipinski definition) is 0. The van der Waals surface area contributed by atoms with Crippen LogP contribution < -0.4 is 0 Å². The molecule has 2 aliphatic rings. The number of ketones is 4. The zero-order valence-corrected chi connectivity index (χ0v) is 31.4. The van der Waals surface area contributed by atoms with Gasteiger partial charge in [0.05, 0.1) is 5.41 Å². The van der Waals surface area contributed by atoms with E-state index < -0.39 is 5.41 Å². The Bertz CT molecular complexity index is 2480. The molecule has 2 aliphatic carbocycles. The molecule has 0 saturated carbocycles. The van der Waals surface area contributed by atoms with E-state index in [9.17, 15) is 19.2 Å². The van der Waals surface area contributed by atoms with Crippen LogP contribution in [-0.2, 0) is 5.41 Å². The largest absolute Gasteiger partial charge is 0.289 e. The topological polar surface area (TPSA) is 68.3 Å². The van der Waals surface area contributed by atoms with Crippen LogP contribution in [0.2, 0.25) is 0 Å². The molecule has 4 heteroatoms. The van der Waals surface area contributed by atoms with E-state index in [-0.39, 0.29) is 23.1 Å². The Hall–Kier alpha value is -7.04. The zero-order chi connectivity index (χ0) is 39.2. The van der Waals surface area contributed by atoms with Crippen molar-refractivity contribution < 1.29 is 19.2 Å². The third-order valence-electron chi connectivity index (χ3n) is 11.1. The molecule has 0 heterocycles. The molecule has 0 radical (unpaired) electrons. The highest BCUT2D eigenvalue weighted by Crippen LogP contribution is 2.49. The van der Waals surface area contributed by atoms with Crippen molar-refractivity contribution in [2.75, 3.05) is 0 Å². The first-order valence-electron chi connectivity index (χ1n) is 19.3. The average Bonchev–Trinajstić information content (AvgIpc) is 3.30. The van der Waals surface area contributed by atoms with Crippen LogP contribution in [0.1, 0.15) is 94.9 Å². The Morgan fingerprint density at radius 1 is 0.351 bits per heavy atom. The summed E-state index contributed by atoms with van der Waals surface area (Å²) < 4.78 is 0. The lowest BCUT2D eigenvalue weighted by Crippen LogP contribution is -2.33. The molecule has 0 fully saturated rings. The molecule has 0 bridgehead atoms. The number of hydrogen-bond acceptors (Lipinski definition) is 4. The summed E-state index contributed by atoms with van der Waals surface area (Å²) in [6.45, 7) is 0. The fourth-order valence-corrected chi connectivity index (χ4v) is 8.07. The van der Waals surface area contributed by atoms with E-state index in [4.69, 9.17) is 0 Å². The van der Waals surface area contributed by atoms with E-state index in [2.05, 4.69) is 12.2 Å². The Morgan fingerprint density at radius 2 is 0.719 bits per heavy atom. The maximum Gasteiger partial charge on any atom is 0.193 e. The van der Waals surface area contributed by atoms with Crippen molar-refractivity contribution in [1.29, 1.82) is 0 Å². The molecule has 0 unspecified atom stereocenters. The van der Waals surface area contributed by atoms with Gasteiger partial charge < -0.3 is 0 Å². The van der Waals surface area contributed by atoms with Crippen LogP contribution in [-0.4, -0.2) is 23.1 Å². The molecule has 0 aromatic heterocycles. The van der Waals surface area contributed by atoms with Crippen molar-refractivity contribution in [3.05, 3.63) is 261 Å². The fraction of sp³-hybridized carbons (Fsp3) is 0.0943. The van der Waals surface area contributed by atoms with E-state index in [1.807, 2.05) is 182 Å². The molecular formula is C53H40O4. The first-order chi connectivity index (χ1) is 27.9. The first-order valence-corrected chi connectivity index (χ1v) is 19.3. The van der Waals surface area contributed by atoms with Gasteiger partial charge in [-0.3, -0.25) is 19.2 Å². The predicted octanol–water partition coefficient (Wildman–Crippen LogP) is 11.5. The summed E-state index contributed by atoms with van der Waals surface area (Å²) in [6.07, 6.45) is 12.5. The standard InChI is InChI=1S/C53H40O4/c54-49(37-13-5-1-6-14-37)41-21-29-45(30-22-41)53(46-31-23-42(24-32-46)50(55)38-15-7-2-8-16-38,47-33-25-43(26-34-47)51(56)39-17-9-3-10-18-39)48-35-27-44(28-36-48)52(57)40-19-11-4-12-20-40/h1-11,13-19,21-25,27-33,35-36H,12,20,26,34H2. The summed E-state index contributed by atoms with van der Waals surface area (Å²) in [7, 11) is 0. The van der Waals surface area contributed by atoms with Crippen LogP contribution >= 0.6 is 0 Å². The molecule has 276 valence electrons. The molecule has 0 atom stereocenters. The maximum absolute atomic E-state index is 13.6. The minimum absolute atomic E-state index is 0.00113. The second-order valence-corrected chi connectivity index (χ2v) is 14.4. The molecule has 0 saturated heterocycles. The van der Waals surface area contributed by atoms with Gasteiger partial charge in [-0.1, -0.05) is 200 Å². The number of carbonyl (C=O) groups is 4. The fourth-order valence-electron chi connectivity index (χ4n) is 8.07. The highest BCUT2D eigenvalue weighted by atomic mass is 16.1. The minimum atomic E-state index is -0.922. The molecule has 8 rings (SSSR count). The molecule has 0 spiro atoms. The molecule has 4 nitrogen and oxygen atoms in total. The Balaban J connectivity index is 1.30. The summed E-state index contributed by atoms with van der Waals surface area (Å²) >= 11 is 0. The minimum Gasteiger partial charge on any atom is -0.289 e. The van der Waals surface area contributed by atoms with Crippen molar-refractivity contribution in [3.63, 3.8) is 0 Å². The van der Waals surface area contributed by atoms with E-state index >= 15 is 0 Å². The number of carbonyl (C=O) groups excluding carboxylic acids is 4. The van der Waals surface area contributed by atoms with Gasteiger partial charge in [0, 0.05) is 44.5 Å². The summed E-state index contributed by atoms with van der Waals surface area (Å²) in [5.41, 5.74) is 7.94. The van der Waals surface area contributed by atoms with Gasteiger partial charge in [0.15, 0.2) is 23.1 Å². The van der Waals surface area contributed by atoms with Crippen molar-refractivity contribution in [3.8, 4) is 0 Å². The Kier molecular flexibility index (Phi) is 10.6. The van der Waals surface area contributed by atoms with Gasteiger partial charge >= 0.3 is 0 Å². The van der Waals surface area contributed by atoms with E-state index in [1.165, 1.54) is 0 Å². The zero-order valence-electron chi connectivity index (χ0n) is 31.4. The van der Waals surface area contributed by atoms with Crippen LogP contribution in [0.3, 0.4) is 0 Å². The molecule has 6 aromatic carbocycles. The molecule has 6 aromatic rings. The number of allylic oxidation sites excluding steroid dienone is 8. The van der Waals surface area contributed by atoms with Gasteiger partial charge in [-0.05, 0) is 42.4 Å². The molecule has 0 amide bonds. The normalized spacial score (nSPS) is 13.9. The summed E-state index contributed by atoms with van der Waals surface area (Å²) in [4.78, 5) is 54.5. The number of Topliss-reactive ketones (excluding diaryl/α,β-unsaturated/α-hetero) is 2. The second-order valence-electron chi connectivity index (χ2n) is 14.4. The predicted molar refractivity (Wildman–Crippen MR) is 226 cm³/mol. The average molecular weight is 741 g/mol. The van der Waals surface area contributed by atoms with Crippen LogP contribution in [0.25, 0.3) is 0 Å². The lowest BCUT2D eigenvalue weighted by Gasteiger charge is -2.40. The van der Waals surface area contributed by atoms with E-state index in [0.29, 0.717) is 52.6 Å². The van der Waals surface area contributed by atoms with Gasteiger partial charge in [-0.2, -0.15) is 0 Å². The van der Waals surface area contributed by atoms with Crippen molar-refractivity contribution in [2.24, 2.45) is 0 Å². The smallest absolute Gasteiger partial charge is 0.193 e. The summed E-state index contributed by atoms with van der Waals surface area (Å²) in [6, 6.07) is 51.1. The molecule has 0 N–H and O–H groups in total. The lowest BCUT2D eigenvalue weighted by molar-refractivity contribution is 0.102. The van der Waals surface area contributed by atoms with Gasteiger partial charge in [0.2, 0.25) is 0 Å². The second kappa shape index (κ2) is 16.4.